The van der Waals surface area contributed by atoms with Crippen LogP contribution >= 0.6 is 15.9 Å². The van der Waals surface area contributed by atoms with E-state index in [1.807, 2.05) is 0 Å². The standard InChI is InChI=1S/C15H25BrN4/c1-5-13-15(16)14(20(6-2)18-13)11-19(9-7-8-17)10-12(3)4/h12H,5-7,9-11H2,1-4H3. The second kappa shape index (κ2) is 8.43. The molecule has 0 aliphatic carbocycles. The summed E-state index contributed by atoms with van der Waals surface area (Å²) in [5.74, 6) is 0.594. The Kier molecular flexibility index (Phi) is 7.25. The lowest BCUT2D eigenvalue weighted by molar-refractivity contribution is 0.234. The maximum atomic E-state index is 8.81. The van der Waals surface area contributed by atoms with Gasteiger partial charge in [0.2, 0.25) is 0 Å². The molecular formula is C15H25BrN4. The Morgan fingerprint density at radius 2 is 2.10 bits per heavy atom. The fourth-order valence-corrected chi connectivity index (χ4v) is 3.03. The zero-order valence-electron chi connectivity index (χ0n) is 13.0. The lowest BCUT2D eigenvalue weighted by atomic mass is 10.2. The van der Waals surface area contributed by atoms with Crippen molar-refractivity contribution in [3.63, 3.8) is 0 Å². The molecule has 0 atom stereocenters. The molecule has 0 saturated carbocycles. The van der Waals surface area contributed by atoms with Crippen LogP contribution in [-0.4, -0.2) is 27.8 Å². The van der Waals surface area contributed by atoms with E-state index in [1.165, 1.54) is 5.69 Å². The van der Waals surface area contributed by atoms with Gasteiger partial charge in [0.15, 0.2) is 0 Å². The number of hydrogen-bond donors (Lipinski definition) is 0. The molecule has 0 spiro atoms. The maximum absolute atomic E-state index is 8.81. The fourth-order valence-electron chi connectivity index (χ4n) is 2.34. The average molecular weight is 341 g/mol. The Balaban J connectivity index is 2.91. The number of halogens is 1. The van der Waals surface area contributed by atoms with Gasteiger partial charge in [-0.2, -0.15) is 10.4 Å². The SMILES string of the molecule is CCc1nn(CC)c(CN(CCC#N)CC(C)C)c1Br. The molecule has 0 radical (unpaired) electrons. The summed E-state index contributed by atoms with van der Waals surface area (Å²) in [7, 11) is 0. The second-order valence-corrected chi connectivity index (χ2v) is 6.21. The number of aryl methyl sites for hydroxylation is 2. The molecule has 0 aromatic carbocycles. The maximum Gasteiger partial charge on any atom is 0.0767 e. The minimum Gasteiger partial charge on any atom is -0.296 e. The Morgan fingerprint density at radius 1 is 1.40 bits per heavy atom. The molecular weight excluding hydrogens is 316 g/mol. The zero-order chi connectivity index (χ0) is 15.1. The average Bonchev–Trinajstić information content (AvgIpc) is 2.72. The van der Waals surface area contributed by atoms with Gasteiger partial charge in [0.25, 0.3) is 0 Å². The Labute approximate surface area is 130 Å². The van der Waals surface area contributed by atoms with Crippen LogP contribution in [0.3, 0.4) is 0 Å². The van der Waals surface area contributed by atoms with E-state index in [2.05, 4.69) is 64.4 Å². The van der Waals surface area contributed by atoms with Crippen molar-refractivity contribution in [1.82, 2.24) is 14.7 Å². The summed E-state index contributed by atoms with van der Waals surface area (Å²) >= 11 is 3.69. The minimum absolute atomic E-state index is 0.575. The van der Waals surface area contributed by atoms with Crippen molar-refractivity contribution in [2.75, 3.05) is 13.1 Å². The number of rotatable bonds is 8. The van der Waals surface area contributed by atoms with Gasteiger partial charge in [-0.1, -0.05) is 20.8 Å². The summed E-state index contributed by atoms with van der Waals surface area (Å²) in [6.07, 6.45) is 1.51. The minimum atomic E-state index is 0.575. The number of nitrogens with zero attached hydrogens (tertiary/aromatic N) is 4. The molecule has 0 aliphatic heterocycles. The molecule has 5 heteroatoms. The van der Waals surface area contributed by atoms with Gasteiger partial charge in [-0.25, -0.2) is 0 Å². The molecule has 0 aliphatic rings. The van der Waals surface area contributed by atoms with Crippen molar-refractivity contribution in [2.24, 2.45) is 5.92 Å². The van der Waals surface area contributed by atoms with Crippen molar-refractivity contribution in [2.45, 2.75) is 53.6 Å². The van der Waals surface area contributed by atoms with Gasteiger partial charge < -0.3 is 0 Å². The summed E-state index contributed by atoms with van der Waals surface area (Å²) in [6.45, 7) is 12.2. The van der Waals surface area contributed by atoms with Gasteiger partial charge in [-0.3, -0.25) is 9.58 Å². The highest BCUT2D eigenvalue weighted by molar-refractivity contribution is 9.10. The van der Waals surface area contributed by atoms with Crippen LogP contribution in [-0.2, 0) is 19.5 Å². The molecule has 0 saturated heterocycles. The number of hydrogen-bond acceptors (Lipinski definition) is 3. The van der Waals surface area contributed by atoms with E-state index in [-0.39, 0.29) is 0 Å². The van der Waals surface area contributed by atoms with Crippen LogP contribution in [0.4, 0.5) is 0 Å². The third-order valence-corrected chi connectivity index (χ3v) is 4.15. The molecule has 20 heavy (non-hydrogen) atoms. The molecule has 0 fully saturated rings. The summed E-state index contributed by atoms with van der Waals surface area (Å²) in [4.78, 5) is 2.35. The molecule has 112 valence electrons. The van der Waals surface area contributed by atoms with Crippen molar-refractivity contribution in [3.8, 4) is 6.07 Å². The van der Waals surface area contributed by atoms with E-state index in [0.717, 1.165) is 42.8 Å². The predicted molar refractivity (Wildman–Crippen MR) is 85.3 cm³/mol. The highest BCUT2D eigenvalue weighted by atomic mass is 79.9. The molecule has 1 aromatic rings. The van der Waals surface area contributed by atoms with Crippen LogP contribution < -0.4 is 0 Å². The first-order valence-corrected chi connectivity index (χ1v) is 8.16. The van der Waals surface area contributed by atoms with Crippen LogP contribution in [0.15, 0.2) is 4.47 Å². The van der Waals surface area contributed by atoms with Crippen LogP contribution in [0, 0.1) is 17.2 Å². The molecule has 0 amide bonds. The van der Waals surface area contributed by atoms with Gasteiger partial charge in [0.1, 0.15) is 0 Å². The highest BCUT2D eigenvalue weighted by Crippen LogP contribution is 2.24. The van der Waals surface area contributed by atoms with Crippen LogP contribution in [0.2, 0.25) is 0 Å². The van der Waals surface area contributed by atoms with Crippen molar-refractivity contribution < 1.29 is 0 Å². The Bertz CT molecular complexity index is 459. The predicted octanol–water partition coefficient (Wildman–Crippen LogP) is 3.60. The fraction of sp³-hybridized carbons (Fsp3) is 0.733. The van der Waals surface area contributed by atoms with Crippen LogP contribution in [0.25, 0.3) is 0 Å². The van der Waals surface area contributed by atoms with E-state index in [1.54, 1.807) is 0 Å². The topological polar surface area (TPSA) is 44.9 Å². The largest absolute Gasteiger partial charge is 0.296 e. The molecule has 0 N–H and O–H groups in total. The van der Waals surface area contributed by atoms with E-state index in [9.17, 15) is 0 Å². The monoisotopic (exact) mass is 340 g/mol. The van der Waals surface area contributed by atoms with E-state index in [4.69, 9.17) is 5.26 Å². The summed E-state index contributed by atoms with van der Waals surface area (Å²) in [6, 6.07) is 2.24. The lowest BCUT2D eigenvalue weighted by Crippen LogP contribution is -2.29. The van der Waals surface area contributed by atoms with Gasteiger partial charge in [0, 0.05) is 32.6 Å². The Morgan fingerprint density at radius 3 is 2.60 bits per heavy atom. The Hall–Kier alpha value is -0.860. The molecule has 1 aromatic heterocycles. The zero-order valence-corrected chi connectivity index (χ0v) is 14.6. The first-order chi connectivity index (χ1) is 9.53. The summed E-state index contributed by atoms with van der Waals surface area (Å²) in [5.41, 5.74) is 2.34. The van der Waals surface area contributed by atoms with E-state index >= 15 is 0 Å². The summed E-state index contributed by atoms with van der Waals surface area (Å²) in [5, 5.41) is 13.4. The highest BCUT2D eigenvalue weighted by Gasteiger charge is 2.17. The van der Waals surface area contributed by atoms with E-state index in [0.29, 0.717) is 12.3 Å². The third kappa shape index (κ3) is 4.60. The van der Waals surface area contributed by atoms with Crippen molar-refractivity contribution in [1.29, 1.82) is 5.26 Å². The van der Waals surface area contributed by atoms with E-state index < -0.39 is 0 Å². The van der Waals surface area contributed by atoms with Crippen molar-refractivity contribution in [3.05, 3.63) is 15.9 Å². The first kappa shape index (κ1) is 17.2. The summed E-state index contributed by atoms with van der Waals surface area (Å²) < 4.78 is 3.20. The molecule has 4 nitrogen and oxygen atoms in total. The smallest absolute Gasteiger partial charge is 0.0767 e. The van der Waals surface area contributed by atoms with Gasteiger partial charge in [-0.15, -0.1) is 0 Å². The van der Waals surface area contributed by atoms with Crippen LogP contribution in [0.5, 0.6) is 0 Å². The number of aromatic nitrogens is 2. The van der Waals surface area contributed by atoms with Gasteiger partial charge >= 0.3 is 0 Å². The van der Waals surface area contributed by atoms with Crippen LogP contribution in [0.1, 0.15) is 45.5 Å². The molecule has 0 bridgehead atoms. The molecule has 1 heterocycles. The third-order valence-electron chi connectivity index (χ3n) is 3.23. The molecule has 0 unspecified atom stereocenters. The number of nitriles is 1. The van der Waals surface area contributed by atoms with Gasteiger partial charge in [0.05, 0.1) is 21.9 Å². The molecule has 1 rings (SSSR count). The normalized spacial score (nSPS) is 11.3. The first-order valence-electron chi connectivity index (χ1n) is 7.36. The van der Waals surface area contributed by atoms with Crippen molar-refractivity contribution >= 4 is 15.9 Å². The second-order valence-electron chi connectivity index (χ2n) is 5.41. The van der Waals surface area contributed by atoms with Gasteiger partial charge in [-0.05, 0) is 35.2 Å². The quantitative estimate of drug-likeness (QED) is 0.726. The lowest BCUT2D eigenvalue weighted by Gasteiger charge is -2.23.